The van der Waals surface area contributed by atoms with E-state index in [9.17, 15) is 14.9 Å². The number of carbonyl (C=O) groups is 1. The Bertz CT molecular complexity index is 1190. The van der Waals surface area contributed by atoms with Gasteiger partial charge in [0.25, 0.3) is 11.6 Å². The Morgan fingerprint density at radius 2 is 1.97 bits per heavy atom. The van der Waals surface area contributed by atoms with E-state index in [1.807, 2.05) is 0 Å². The SMILES string of the molecule is Cc1ccc(-c2nnc(SCC(=O)N/N=C/c3cccc([N+](=O)[O-])c3)n2C2CCCCC2)cc1. The van der Waals surface area contributed by atoms with E-state index in [0.29, 0.717) is 11.6 Å². The average molecular weight is 479 g/mol. The monoisotopic (exact) mass is 478 g/mol. The highest BCUT2D eigenvalue weighted by Crippen LogP contribution is 2.35. The number of amides is 1. The van der Waals surface area contributed by atoms with Crippen LogP contribution in [0.2, 0.25) is 0 Å². The summed E-state index contributed by atoms with van der Waals surface area (Å²) in [5, 5.41) is 24.4. The van der Waals surface area contributed by atoms with Crippen LogP contribution in [0, 0.1) is 17.0 Å². The maximum atomic E-state index is 12.4. The molecule has 1 amide bonds. The van der Waals surface area contributed by atoms with E-state index in [0.717, 1.165) is 29.4 Å². The highest BCUT2D eigenvalue weighted by molar-refractivity contribution is 7.99. The summed E-state index contributed by atoms with van der Waals surface area (Å²) in [6.07, 6.45) is 7.12. The van der Waals surface area contributed by atoms with Gasteiger partial charge in [-0.05, 0) is 19.8 Å². The van der Waals surface area contributed by atoms with Crippen molar-refractivity contribution in [2.24, 2.45) is 5.10 Å². The minimum Gasteiger partial charge on any atom is -0.299 e. The Labute approximate surface area is 201 Å². The fourth-order valence-corrected chi connectivity index (χ4v) is 4.80. The molecule has 1 N–H and O–H groups in total. The van der Waals surface area contributed by atoms with Crippen molar-refractivity contribution < 1.29 is 9.72 Å². The summed E-state index contributed by atoms with van der Waals surface area (Å²) in [7, 11) is 0. The van der Waals surface area contributed by atoms with Gasteiger partial charge in [0, 0.05) is 29.3 Å². The number of nitro groups is 1. The van der Waals surface area contributed by atoms with Gasteiger partial charge >= 0.3 is 0 Å². The van der Waals surface area contributed by atoms with Gasteiger partial charge in [-0.3, -0.25) is 19.5 Å². The number of aryl methyl sites for hydroxylation is 1. The number of hydrazone groups is 1. The maximum Gasteiger partial charge on any atom is 0.270 e. The van der Waals surface area contributed by atoms with Crippen molar-refractivity contribution in [1.29, 1.82) is 0 Å². The summed E-state index contributed by atoms with van der Waals surface area (Å²) in [5.74, 6) is 0.672. The first-order chi connectivity index (χ1) is 16.5. The zero-order chi connectivity index (χ0) is 23.9. The second-order valence-electron chi connectivity index (χ2n) is 8.27. The molecule has 0 unspecified atom stereocenters. The number of aromatic nitrogens is 3. The maximum absolute atomic E-state index is 12.4. The van der Waals surface area contributed by atoms with Crippen molar-refractivity contribution in [3.8, 4) is 11.4 Å². The fraction of sp³-hybridized carbons (Fsp3) is 0.333. The molecule has 1 saturated carbocycles. The molecule has 1 aromatic heterocycles. The molecule has 0 spiro atoms. The molecule has 1 fully saturated rings. The molecular formula is C24H26N6O3S. The molecule has 3 aromatic rings. The summed E-state index contributed by atoms with van der Waals surface area (Å²) >= 11 is 1.33. The number of nitro benzene ring substituents is 1. The van der Waals surface area contributed by atoms with Gasteiger partial charge in [-0.1, -0.05) is 73.0 Å². The molecule has 9 nitrogen and oxygen atoms in total. The molecule has 1 heterocycles. The van der Waals surface area contributed by atoms with Crippen molar-refractivity contribution in [2.45, 2.75) is 50.2 Å². The van der Waals surface area contributed by atoms with Crippen LogP contribution in [0.5, 0.6) is 0 Å². The van der Waals surface area contributed by atoms with Crippen LogP contribution in [0.15, 0.2) is 58.8 Å². The number of benzene rings is 2. The topological polar surface area (TPSA) is 115 Å². The molecule has 2 aromatic carbocycles. The second kappa shape index (κ2) is 11.1. The van der Waals surface area contributed by atoms with Gasteiger partial charge in [0.1, 0.15) is 0 Å². The molecule has 10 heteroatoms. The van der Waals surface area contributed by atoms with E-state index in [-0.39, 0.29) is 17.3 Å². The molecule has 4 rings (SSSR count). The van der Waals surface area contributed by atoms with E-state index in [1.165, 1.54) is 54.9 Å². The van der Waals surface area contributed by atoms with Gasteiger partial charge in [0.05, 0.1) is 16.9 Å². The van der Waals surface area contributed by atoms with E-state index in [1.54, 1.807) is 12.1 Å². The number of non-ortho nitro benzene ring substituents is 1. The third-order valence-corrected chi connectivity index (χ3v) is 6.67. The largest absolute Gasteiger partial charge is 0.299 e. The molecule has 0 radical (unpaired) electrons. The molecule has 0 bridgehead atoms. The molecule has 0 aliphatic heterocycles. The van der Waals surface area contributed by atoms with Crippen molar-refractivity contribution in [2.75, 3.05) is 5.75 Å². The summed E-state index contributed by atoms with van der Waals surface area (Å²) in [6, 6.07) is 14.6. The standard InChI is InChI=1S/C24H26N6O3S/c1-17-10-12-19(13-11-17)23-27-28-24(29(23)20-7-3-2-4-8-20)34-16-22(31)26-25-15-18-6-5-9-21(14-18)30(32)33/h5-6,9-15,20H,2-4,7-8,16H2,1H3,(H,26,31)/b25-15+. The first kappa shape index (κ1) is 23.6. The van der Waals surface area contributed by atoms with Crippen molar-refractivity contribution in [1.82, 2.24) is 20.2 Å². The number of nitrogens with zero attached hydrogens (tertiary/aromatic N) is 5. The number of rotatable bonds is 8. The van der Waals surface area contributed by atoms with Crippen molar-refractivity contribution in [3.05, 3.63) is 69.8 Å². The lowest BCUT2D eigenvalue weighted by atomic mass is 9.95. The molecule has 1 aliphatic rings. The summed E-state index contributed by atoms with van der Waals surface area (Å²) < 4.78 is 2.19. The van der Waals surface area contributed by atoms with Crippen LogP contribution in [0.1, 0.15) is 49.3 Å². The number of hydrogen-bond donors (Lipinski definition) is 1. The molecular weight excluding hydrogens is 452 g/mol. The third-order valence-electron chi connectivity index (χ3n) is 5.73. The van der Waals surface area contributed by atoms with Gasteiger partial charge in [-0.15, -0.1) is 10.2 Å². The number of hydrogen-bond acceptors (Lipinski definition) is 7. The Hall–Kier alpha value is -3.53. The third kappa shape index (κ3) is 5.88. The van der Waals surface area contributed by atoms with Gasteiger partial charge in [0.15, 0.2) is 11.0 Å². The zero-order valence-corrected chi connectivity index (χ0v) is 19.7. The van der Waals surface area contributed by atoms with Gasteiger partial charge in [-0.25, -0.2) is 5.43 Å². The molecule has 0 saturated heterocycles. The lowest BCUT2D eigenvalue weighted by molar-refractivity contribution is -0.384. The van der Waals surface area contributed by atoms with Gasteiger partial charge in [0.2, 0.25) is 0 Å². The van der Waals surface area contributed by atoms with Crippen LogP contribution in [0.4, 0.5) is 5.69 Å². The predicted molar refractivity (Wildman–Crippen MR) is 132 cm³/mol. The molecule has 34 heavy (non-hydrogen) atoms. The van der Waals surface area contributed by atoms with E-state index in [4.69, 9.17) is 0 Å². The van der Waals surface area contributed by atoms with Crippen LogP contribution < -0.4 is 5.43 Å². The smallest absolute Gasteiger partial charge is 0.270 e. The van der Waals surface area contributed by atoms with Crippen LogP contribution in [-0.4, -0.2) is 37.6 Å². The summed E-state index contributed by atoms with van der Waals surface area (Å²) in [5.41, 5.74) is 5.18. The molecule has 1 aliphatic carbocycles. The first-order valence-electron chi connectivity index (χ1n) is 11.2. The Balaban J connectivity index is 1.43. The Morgan fingerprint density at radius 3 is 2.71 bits per heavy atom. The van der Waals surface area contributed by atoms with E-state index in [2.05, 4.69) is 56.5 Å². The fourth-order valence-electron chi connectivity index (χ4n) is 4.00. The van der Waals surface area contributed by atoms with Gasteiger partial charge in [-0.2, -0.15) is 5.10 Å². The summed E-state index contributed by atoms with van der Waals surface area (Å²) in [4.78, 5) is 22.8. The van der Waals surface area contributed by atoms with Crippen LogP contribution >= 0.6 is 11.8 Å². The van der Waals surface area contributed by atoms with Crippen molar-refractivity contribution in [3.63, 3.8) is 0 Å². The minimum atomic E-state index is -0.472. The highest BCUT2D eigenvalue weighted by Gasteiger charge is 2.24. The van der Waals surface area contributed by atoms with E-state index >= 15 is 0 Å². The average Bonchev–Trinajstić information content (AvgIpc) is 3.28. The molecule has 0 atom stereocenters. The van der Waals surface area contributed by atoms with Crippen LogP contribution in [-0.2, 0) is 4.79 Å². The van der Waals surface area contributed by atoms with Crippen LogP contribution in [0.3, 0.4) is 0 Å². The Kier molecular flexibility index (Phi) is 7.69. The summed E-state index contributed by atoms with van der Waals surface area (Å²) in [6.45, 7) is 2.05. The number of thioether (sulfide) groups is 1. The second-order valence-corrected chi connectivity index (χ2v) is 9.21. The quantitative estimate of drug-likeness (QED) is 0.213. The lowest BCUT2D eigenvalue weighted by Crippen LogP contribution is -2.20. The zero-order valence-electron chi connectivity index (χ0n) is 18.9. The number of carbonyl (C=O) groups excluding carboxylic acids is 1. The predicted octanol–water partition coefficient (Wildman–Crippen LogP) is 4.91. The highest BCUT2D eigenvalue weighted by atomic mass is 32.2. The van der Waals surface area contributed by atoms with Crippen LogP contribution in [0.25, 0.3) is 11.4 Å². The normalized spacial score (nSPS) is 14.4. The first-order valence-corrected chi connectivity index (χ1v) is 12.2. The Morgan fingerprint density at radius 1 is 1.21 bits per heavy atom. The lowest BCUT2D eigenvalue weighted by Gasteiger charge is -2.25. The minimum absolute atomic E-state index is 0.0303. The molecule has 176 valence electrons. The van der Waals surface area contributed by atoms with Crippen molar-refractivity contribution >= 4 is 29.6 Å². The number of nitrogens with one attached hydrogen (secondary N) is 1. The van der Waals surface area contributed by atoms with E-state index < -0.39 is 4.92 Å². The van der Waals surface area contributed by atoms with Gasteiger partial charge < -0.3 is 0 Å².